The molecule has 1 aromatic heterocycles. The molecule has 1 aliphatic heterocycles. The summed E-state index contributed by atoms with van der Waals surface area (Å²) in [5.74, 6) is 0.539. The molecule has 6 heteroatoms. The van der Waals surface area contributed by atoms with E-state index in [1.807, 2.05) is 42.2 Å². The maximum absolute atomic E-state index is 14.9. The van der Waals surface area contributed by atoms with E-state index in [0.717, 1.165) is 30.9 Å². The second-order valence-corrected chi connectivity index (χ2v) is 7.90. The van der Waals surface area contributed by atoms with Crippen LogP contribution in [0.3, 0.4) is 0 Å². The average molecular weight is 422 g/mol. The number of nitrogens with zero attached hydrogens (tertiary/aromatic N) is 3. The number of piperazine rings is 1. The number of halogens is 1. The van der Waals surface area contributed by atoms with Gasteiger partial charge in [0.2, 0.25) is 0 Å². The minimum atomic E-state index is -0.971. The van der Waals surface area contributed by atoms with Gasteiger partial charge in [0, 0.05) is 44.5 Å². The van der Waals surface area contributed by atoms with Crippen LogP contribution < -0.4 is 9.64 Å². The van der Waals surface area contributed by atoms with Gasteiger partial charge in [-0.3, -0.25) is 9.88 Å². The van der Waals surface area contributed by atoms with E-state index in [0.29, 0.717) is 30.0 Å². The lowest BCUT2D eigenvalue weighted by Gasteiger charge is -2.37. The van der Waals surface area contributed by atoms with Crippen LogP contribution in [0.2, 0.25) is 0 Å². The number of pyridine rings is 1. The second kappa shape index (κ2) is 9.45. The molecule has 5 nitrogen and oxygen atoms in total. The zero-order chi connectivity index (χ0) is 21.8. The first kappa shape index (κ1) is 21.3. The molecule has 0 saturated carbocycles. The summed E-state index contributed by atoms with van der Waals surface area (Å²) in [5, 5.41) is 11.0. The molecule has 1 atom stereocenters. The van der Waals surface area contributed by atoms with Crippen molar-refractivity contribution in [1.29, 1.82) is 0 Å². The Balaban J connectivity index is 1.50. The number of hydrogen-bond acceptors (Lipinski definition) is 5. The molecule has 1 fully saturated rings. The first-order valence-corrected chi connectivity index (χ1v) is 10.5. The number of aromatic nitrogens is 1. The van der Waals surface area contributed by atoms with E-state index in [1.54, 1.807) is 25.4 Å². The number of aliphatic hydroxyl groups excluding tert-OH is 1. The molecule has 3 aromatic rings. The van der Waals surface area contributed by atoms with E-state index in [4.69, 9.17) is 4.74 Å². The van der Waals surface area contributed by atoms with Crippen LogP contribution in [0.5, 0.6) is 5.75 Å². The number of anilines is 1. The molecule has 0 spiro atoms. The molecular weight excluding hydrogens is 393 g/mol. The summed E-state index contributed by atoms with van der Waals surface area (Å²) in [6, 6.07) is 16.7. The molecule has 2 heterocycles. The Bertz CT molecular complexity index is 1030. The Morgan fingerprint density at radius 1 is 1.06 bits per heavy atom. The number of rotatable bonds is 6. The topological polar surface area (TPSA) is 48.8 Å². The van der Waals surface area contributed by atoms with E-state index in [1.165, 1.54) is 11.6 Å². The largest absolute Gasteiger partial charge is 0.497 e. The molecule has 0 bridgehead atoms. The first-order chi connectivity index (χ1) is 15.1. The van der Waals surface area contributed by atoms with Crippen LogP contribution in [0.1, 0.15) is 28.5 Å². The maximum atomic E-state index is 14.9. The summed E-state index contributed by atoms with van der Waals surface area (Å²) in [6.45, 7) is 5.72. The molecule has 0 radical (unpaired) electrons. The van der Waals surface area contributed by atoms with E-state index in [2.05, 4.69) is 16.0 Å². The number of benzene rings is 2. The van der Waals surface area contributed by atoms with Crippen molar-refractivity contribution in [3.63, 3.8) is 0 Å². The number of ether oxygens (including phenoxy) is 1. The van der Waals surface area contributed by atoms with Gasteiger partial charge in [0.25, 0.3) is 0 Å². The Labute approximate surface area is 182 Å². The van der Waals surface area contributed by atoms with Crippen molar-refractivity contribution in [3.8, 4) is 5.75 Å². The number of para-hydroxylation sites is 1. The molecule has 1 N–H and O–H groups in total. The van der Waals surface area contributed by atoms with Gasteiger partial charge in [-0.15, -0.1) is 0 Å². The zero-order valence-corrected chi connectivity index (χ0v) is 18.0. The van der Waals surface area contributed by atoms with E-state index >= 15 is 0 Å². The maximum Gasteiger partial charge on any atom is 0.146 e. The fraction of sp³-hybridized carbons (Fsp3) is 0.320. The fourth-order valence-electron chi connectivity index (χ4n) is 4.18. The minimum absolute atomic E-state index is 0.314. The van der Waals surface area contributed by atoms with Crippen molar-refractivity contribution in [3.05, 3.63) is 89.0 Å². The molecule has 0 amide bonds. The molecule has 31 heavy (non-hydrogen) atoms. The predicted octanol–water partition coefficient (Wildman–Crippen LogP) is 3.94. The third kappa shape index (κ3) is 4.70. The van der Waals surface area contributed by atoms with Gasteiger partial charge in [0.15, 0.2) is 0 Å². The lowest BCUT2D eigenvalue weighted by Crippen LogP contribution is -2.46. The van der Waals surface area contributed by atoms with Crippen molar-refractivity contribution < 1.29 is 14.2 Å². The number of hydrogen-bond donors (Lipinski definition) is 1. The van der Waals surface area contributed by atoms with Crippen LogP contribution in [-0.2, 0) is 6.54 Å². The average Bonchev–Trinajstić information content (AvgIpc) is 2.79. The lowest BCUT2D eigenvalue weighted by atomic mass is 9.99. The zero-order valence-electron chi connectivity index (χ0n) is 18.0. The number of aryl methyl sites for hydroxylation is 1. The summed E-state index contributed by atoms with van der Waals surface area (Å²) in [5.41, 5.74) is 3.67. The van der Waals surface area contributed by atoms with Gasteiger partial charge < -0.3 is 14.7 Å². The highest BCUT2D eigenvalue weighted by Crippen LogP contribution is 2.34. The first-order valence-electron chi connectivity index (χ1n) is 10.5. The Morgan fingerprint density at radius 2 is 1.84 bits per heavy atom. The second-order valence-electron chi connectivity index (χ2n) is 7.90. The van der Waals surface area contributed by atoms with Crippen molar-refractivity contribution >= 4 is 5.69 Å². The molecule has 4 rings (SSSR count). The SMILES string of the molecule is COc1cccc(CN2CCN(c3c(F)cccc3C(O)c3ncccc3C)CC2)c1. The summed E-state index contributed by atoms with van der Waals surface area (Å²) in [6.07, 6.45) is 0.684. The normalized spacial score (nSPS) is 15.7. The molecule has 1 unspecified atom stereocenters. The monoisotopic (exact) mass is 421 g/mol. The van der Waals surface area contributed by atoms with Crippen LogP contribution in [0, 0.1) is 12.7 Å². The minimum Gasteiger partial charge on any atom is -0.497 e. The fourth-order valence-corrected chi connectivity index (χ4v) is 4.18. The highest BCUT2D eigenvalue weighted by molar-refractivity contribution is 5.58. The molecule has 162 valence electrons. The van der Waals surface area contributed by atoms with Crippen LogP contribution in [0.15, 0.2) is 60.8 Å². The Morgan fingerprint density at radius 3 is 2.58 bits per heavy atom. The smallest absolute Gasteiger partial charge is 0.146 e. The van der Waals surface area contributed by atoms with Crippen molar-refractivity contribution in [2.45, 2.75) is 19.6 Å². The van der Waals surface area contributed by atoms with Crippen LogP contribution >= 0.6 is 0 Å². The van der Waals surface area contributed by atoms with Gasteiger partial charge in [-0.2, -0.15) is 0 Å². The van der Waals surface area contributed by atoms with Crippen molar-refractivity contribution in [2.75, 3.05) is 38.2 Å². The van der Waals surface area contributed by atoms with Crippen LogP contribution in [0.25, 0.3) is 0 Å². The Hall–Kier alpha value is -2.96. The molecule has 1 saturated heterocycles. The highest BCUT2D eigenvalue weighted by atomic mass is 19.1. The van der Waals surface area contributed by atoms with Crippen LogP contribution in [-0.4, -0.2) is 48.3 Å². The molecular formula is C25H28FN3O2. The third-order valence-corrected chi connectivity index (χ3v) is 5.85. The molecule has 2 aromatic carbocycles. The number of aliphatic hydroxyl groups is 1. The van der Waals surface area contributed by atoms with E-state index in [-0.39, 0.29) is 5.82 Å². The van der Waals surface area contributed by atoms with Gasteiger partial charge in [-0.1, -0.05) is 30.3 Å². The van der Waals surface area contributed by atoms with Crippen LogP contribution in [0.4, 0.5) is 10.1 Å². The summed E-state index contributed by atoms with van der Waals surface area (Å²) in [7, 11) is 1.67. The van der Waals surface area contributed by atoms with Gasteiger partial charge in [-0.25, -0.2) is 4.39 Å². The van der Waals surface area contributed by atoms with E-state index < -0.39 is 6.10 Å². The quantitative estimate of drug-likeness (QED) is 0.653. The van der Waals surface area contributed by atoms with Crippen molar-refractivity contribution in [2.24, 2.45) is 0 Å². The van der Waals surface area contributed by atoms with E-state index in [9.17, 15) is 9.50 Å². The Kier molecular flexibility index (Phi) is 6.49. The summed E-state index contributed by atoms with van der Waals surface area (Å²) < 4.78 is 20.3. The van der Waals surface area contributed by atoms with Gasteiger partial charge >= 0.3 is 0 Å². The lowest BCUT2D eigenvalue weighted by molar-refractivity contribution is 0.213. The van der Waals surface area contributed by atoms with Crippen molar-refractivity contribution in [1.82, 2.24) is 9.88 Å². The summed E-state index contributed by atoms with van der Waals surface area (Å²) in [4.78, 5) is 8.72. The van der Waals surface area contributed by atoms with Gasteiger partial charge in [0.05, 0.1) is 18.5 Å². The summed E-state index contributed by atoms with van der Waals surface area (Å²) >= 11 is 0. The molecule has 0 aliphatic carbocycles. The standard InChI is InChI=1S/C25H28FN3O2/c1-18-6-5-11-27-23(18)25(30)21-9-4-10-22(26)24(21)29-14-12-28(13-15-29)17-19-7-3-8-20(16-19)31-2/h3-11,16,25,30H,12-15,17H2,1-2H3. The van der Waals surface area contributed by atoms with Gasteiger partial charge in [0.1, 0.15) is 17.7 Å². The predicted molar refractivity (Wildman–Crippen MR) is 120 cm³/mol. The number of methoxy groups -OCH3 is 1. The highest BCUT2D eigenvalue weighted by Gasteiger charge is 2.26. The third-order valence-electron chi connectivity index (χ3n) is 5.85. The molecule has 1 aliphatic rings. The van der Waals surface area contributed by atoms with Gasteiger partial charge in [-0.05, 0) is 42.3 Å².